The van der Waals surface area contributed by atoms with Crippen molar-refractivity contribution < 1.29 is 33.0 Å². The lowest BCUT2D eigenvalue weighted by Crippen LogP contribution is -2.38. The Bertz CT molecular complexity index is 1080. The summed E-state index contributed by atoms with van der Waals surface area (Å²) in [6.45, 7) is 3.94. The molecule has 14 heteroatoms. The highest BCUT2D eigenvalue weighted by Crippen LogP contribution is 2.47. The molecule has 5 atom stereocenters. The number of para-hydroxylation sites is 1. The van der Waals surface area contributed by atoms with Crippen LogP contribution in [0.4, 0.5) is 5.82 Å². The highest BCUT2D eigenvalue weighted by atomic mass is 35.5. The molecular formula is C20H28ClN4O8P. The molecular weight excluding hydrogens is 491 g/mol. The largest absolute Gasteiger partial charge is 0.468 e. The number of carbonyl (C=O) groups excluding carboxylic acids is 1. The predicted octanol–water partition coefficient (Wildman–Crippen LogP) is 2.12. The lowest BCUT2D eigenvalue weighted by atomic mass is 10.2. The van der Waals surface area contributed by atoms with E-state index in [-0.39, 0.29) is 16.6 Å². The fourth-order valence-electron chi connectivity index (χ4n) is 2.69. The first-order valence-corrected chi connectivity index (χ1v) is 12.1. The molecule has 0 aliphatic rings. The number of nitrogens with one attached hydrogen (secondary N) is 1. The maximum absolute atomic E-state index is 13.5. The second kappa shape index (κ2) is 12.3. The molecule has 1 unspecified atom stereocenters. The number of nitrogens with zero attached hydrogens (tertiary/aromatic N) is 2. The van der Waals surface area contributed by atoms with Crippen LogP contribution in [0.2, 0.25) is 5.02 Å². The van der Waals surface area contributed by atoms with E-state index in [0.29, 0.717) is 0 Å². The van der Waals surface area contributed by atoms with Gasteiger partial charge in [0.2, 0.25) is 0 Å². The van der Waals surface area contributed by atoms with E-state index in [1.165, 1.54) is 45.4 Å². The van der Waals surface area contributed by atoms with Crippen molar-refractivity contribution in [3.05, 3.63) is 52.0 Å². The van der Waals surface area contributed by atoms with Crippen LogP contribution in [0.25, 0.3) is 0 Å². The summed E-state index contributed by atoms with van der Waals surface area (Å²) >= 11 is 6.10. The highest BCUT2D eigenvalue weighted by Gasteiger charge is 2.34. The maximum Gasteiger partial charge on any atom is 0.459 e. The van der Waals surface area contributed by atoms with Crippen molar-refractivity contribution in [1.82, 2.24) is 14.6 Å². The lowest BCUT2D eigenvalue weighted by Gasteiger charge is -2.28. The Kier molecular flexibility index (Phi) is 10.0. The summed E-state index contributed by atoms with van der Waals surface area (Å²) < 4.78 is 36.1. The average molecular weight is 519 g/mol. The number of benzene rings is 1. The summed E-state index contributed by atoms with van der Waals surface area (Å²) in [5.41, 5.74) is 4.84. The summed E-state index contributed by atoms with van der Waals surface area (Å²) in [6.07, 6.45) is -1.65. The van der Waals surface area contributed by atoms with Gasteiger partial charge < -0.3 is 24.8 Å². The molecule has 4 N–H and O–H groups in total. The minimum atomic E-state index is -4.24. The number of aliphatic hydroxyl groups excluding tert-OH is 1. The molecule has 34 heavy (non-hydrogen) atoms. The summed E-state index contributed by atoms with van der Waals surface area (Å²) in [6, 6.07) is 6.59. The van der Waals surface area contributed by atoms with Crippen LogP contribution in [0.3, 0.4) is 0 Å². The SMILES string of the molecule is COC(=O)[C@H](C)NP(=O)(OC[C@@H](O[C@H](C)n1ccc(N)nc1=O)[C@H](C)O)Oc1ccccc1Cl. The van der Waals surface area contributed by atoms with Crippen molar-refractivity contribution >= 4 is 31.1 Å². The third-order valence-electron chi connectivity index (χ3n) is 4.52. The Morgan fingerprint density at radius 1 is 1.29 bits per heavy atom. The number of nitrogens with two attached hydrogens (primary N) is 1. The van der Waals surface area contributed by atoms with Gasteiger partial charge in [-0.1, -0.05) is 23.7 Å². The monoisotopic (exact) mass is 518 g/mol. The Balaban J connectivity index is 2.21. The number of carbonyl (C=O) groups is 1. The van der Waals surface area contributed by atoms with Crippen molar-refractivity contribution in [3.63, 3.8) is 0 Å². The molecule has 0 aliphatic carbocycles. The van der Waals surface area contributed by atoms with Crippen LogP contribution < -0.4 is 21.0 Å². The molecule has 0 saturated carbocycles. The molecule has 188 valence electrons. The van der Waals surface area contributed by atoms with Gasteiger partial charge in [0, 0.05) is 6.20 Å². The zero-order valence-electron chi connectivity index (χ0n) is 19.1. The Morgan fingerprint density at radius 3 is 2.56 bits per heavy atom. The fourth-order valence-corrected chi connectivity index (χ4v) is 4.44. The van der Waals surface area contributed by atoms with Gasteiger partial charge in [0.25, 0.3) is 0 Å². The number of anilines is 1. The summed E-state index contributed by atoms with van der Waals surface area (Å²) in [4.78, 5) is 27.5. The van der Waals surface area contributed by atoms with Crippen molar-refractivity contribution in [2.75, 3.05) is 19.5 Å². The van der Waals surface area contributed by atoms with Gasteiger partial charge in [-0.15, -0.1) is 0 Å². The smallest absolute Gasteiger partial charge is 0.459 e. The molecule has 1 aromatic carbocycles. The number of esters is 1. The Morgan fingerprint density at radius 2 is 1.97 bits per heavy atom. The number of aromatic nitrogens is 2. The standard InChI is InChI=1S/C20H28ClN4O8P/c1-12(19(27)30-4)24-34(29,33-16-8-6-5-7-15(16)21)31-11-17(13(2)26)32-14(3)25-10-9-18(22)23-20(25)28/h5-10,12-14,17,26H,11H2,1-4H3,(H,24,29)(H2,22,23,28)/t12-,13-,14+,17+,34?/m0/s1. The number of hydrogen-bond donors (Lipinski definition) is 3. The predicted molar refractivity (Wildman–Crippen MR) is 124 cm³/mol. The van der Waals surface area contributed by atoms with E-state index in [1.807, 2.05) is 0 Å². The molecule has 2 aromatic rings. The lowest BCUT2D eigenvalue weighted by molar-refractivity contribution is -0.142. The van der Waals surface area contributed by atoms with Gasteiger partial charge in [-0.25, -0.2) is 9.36 Å². The number of aliphatic hydroxyl groups is 1. The molecule has 0 spiro atoms. The summed E-state index contributed by atoms with van der Waals surface area (Å²) in [7, 11) is -3.07. The van der Waals surface area contributed by atoms with Crippen LogP contribution in [0.5, 0.6) is 5.75 Å². The number of methoxy groups -OCH3 is 1. The van der Waals surface area contributed by atoms with Crippen LogP contribution in [0.15, 0.2) is 41.3 Å². The zero-order valence-corrected chi connectivity index (χ0v) is 20.7. The average Bonchev–Trinajstić information content (AvgIpc) is 2.77. The molecule has 0 fully saturated rings. The Labute approximate surface area is 201 Å². The first-order valence-electron chi connectivity index (χ1n) is 10.2. The zero-order chi connectivity index (χ0) is 25.5. The van der Waals surface area contributed by atoms with E-state index in [4.69, 9.17) is 31.1 Å². The van der Waals surface area contributed by atoms with Crippen molar-refractivity contribution in [1.29, 1.82) is 0 Å². The van der Waals surface area contributed by atoms with Gasteiger partial charge >= 0.3 is 19.4 Å². The molecule has 0 saturated heterocycles. The van der Waals surface area contributed by atoms with Crippen molar-refractivity contribution in [2.24, 2.45) is 0 Å². The Hall–Kier alpha value is -2.47. The minimum Gasteiger partial charge on any atom is -0.468 e. The van der Waals surface area contributed by atoms with E-state index in [2.05, 4.69) is 14.8 Å². The second-order valence-corrected chi connectivity index (χ2v) is 9.35. The topological polar surface area (TPSA) is 164 Å². The number of hydrogen-bond acceptors (Lipinski definition) is 10. The van der Waals surface area contributed by atoms with E-state index < -0.39 is 50.5 Å². The van der Waals surface area contributed by atoms with Crippen LogP contribution >= 0.6 is 19.3 Å². The molecule has 2 rings (SSSR count). The van der Waals surface area contributed by atoms with Gasteiger partial charge in [-0.3, -0.25) is 13.9 Å². The normalized spacial score (nSPS) is 16.6. The van der Waals surface area contributed by atoms with Gasteiger partial charge in [0.1, 0.15) is 29.9 Å². The molecule has 12 nitrogen and oxygen atoms in total. The number of halogens is 1. The molecule has 1 aromatic heterocycles. The molecule has 0 amide bonds. The van der Waals surface area contributed by atoms with Crippen molar-refractivity contribution in [2.45, 2.75) is 45.2 Å². The van der Waals surface area contributed by atoms with E-state index in [0.717, 1.165) is 4.57 Å². The van der Waals surface area contributed by atoms with E-state index >= 15 is 0 Å². The van der Waals surface area contributed by atoms with Crippen LogP contribution in [0.1, 0.15) is 27.0 Å². The summed E-state index contributed by atoms with van der Waals surface area (Å²) in [5, 5.41) is 12.8. The van der Waals surface area contributed by atoms with E-state index in [1.54, 1.807) is 19.1 Å². The second-order valence-electron chi connectivity index (χ2n) is 7.25. The fraction of sp³-hybridized carbons (Fsp3) is 0.450. The van der Waals surface area contributed by atoms with Gasteiger partial charge in [-0.05, 0) is 39.0 Å². The molecule has 0 aliphatic heterocycles. The maximum atomic E-state index is 13.5. The minimum absolute atomic E-state index is 0.0412. The number of nitrogen functional groups attached to an aromatic ring is 1. The quantitative estimate of drug-likeness (QED) is 0.278. The van der Waals surface area contributed by atoms with E-state index in [9.17, 15) is 19.3 Å². The van der Waals surface area contributed by atoms with Crippen molar-refractivity contribution in [3.8, 4) is 5.75 Å². The van der Waals surface area contributed by atoms with Gasteiger partial charge in [0.05, 0.1) is 24.8 Å². The molecule has 1 heterocycles. The third kappa shape index (κ3) is 7.79. The first-order chi connectivity index (χ1) is 16.0. The molecule has 0 radical (unpaired) electrons. The van der Waals surface area contributed by atoms with Gasteiger partial charge in [0.15, 0.2) is 0 Å². The third-order valence-corrected chi connectivity index (χ3v) is 6.47. The highest BCUT2D eigenvalue weighted by molar-refractivity contribution is 7.52. The van der Waals surface area contributed by atoms with Crippen LogP contribution in [-0.2, 0) is 23.4 Å². The number of rotatable bonds is 12. The number of ether oxygens (including phenoxy) is 2. The molecule has 0 bridgehead atoms. The van der Waals surface area contributed by atoms with Crippen LogP contribution in [-0.4, -0.2) is 52.6 Å². The first kappa shape index (κ1) is 27.8. The van der Waals surface area contributed by atoms with Gasteiger partial charge in [-0.2, -0.15) is 10.1 Å². The van der Waals surface area contributed by atoms with Crippen LogP contribution in [0, 0.1) is 0 Å². The summed E-state index contributed by atoms with van der Waals surface area (Å²) in [5.74, 6) is -0.620.